The predicted octanol–water partition coefficient (Wildman–Crippen LogP) is 2.63. The van der Waals surface area contributed by atoms with Gasteiger partial charge < -0.3 is 5.32 Å². The van der Waals surface area contributed by atoms with Crippen molar-refractivity contribution in [1.29, 1.82) is 0 Å². The predicted molar refractivity (Wildman–Crippen MR) is 80.0 cm³/mol. The van der Waals surface area contributed by atoms with E-state index in [2.05, 4.69) is 34.6 Å². The second-order valence-electron chi connectivity index (χ2n) is 4.93. The fourth-order valence-corrected chi connectivity index (χ4v) is 2.57. The van der Waals surface area contributed by atoms with Crippen molar-refractivity contribution < 1.29 is 4.79 Å². The van der Waals surface area contributed by atoms with Crippen LogP contribution in [-0.4, -0.2) is 20.8 Å². The van der Waals surface area contributed by atoms with Gasteiger partial charge in [0.2, 0.25) is 0 Å². The van der Waals surface area contributed by atoms with Crippen LogP contribution < -0.4 is 10.6 Å². The zero-order chi connectivity index (χ0) is 14.7. The van der Waals surface area contributed by atoms with Gasteiger partial charge in [0.05, 0.1) is 17.9 Å². The molecule has 6 nitrogen and oxygen atoms in total. The van der Waals surface area contributed by atoms with Crippen LogP contribution in [0.25, 0.3) is 0 Å². The molecule has 0 aromatic carbocycles. The molecule has 0 saturated heterocycles. The summed E-state index contributed by atoms with van der Waals surface area (Å²) in [5.74, 6) is 0.420. The number of aromatic nitrogens is 3. The van der Waals surface area contributed by atoms with Crippen molar-refractivity contribution in [3.05, 3.63) is 28.5 Å². The highest BCUT2D eigenvalue weighted by Crippen LogP contribution is 2.24. The summed E-state index contributed by atoms with van der Waals surface area (Å²) in [6, 6.07) is 1.69. The van der Waals surface area contributed by atoms with Crippen LogP contribution in [0.3, 0.4) is 0 Å². The number of urea groups is 1. The van der Waals surface area contributed by atoms with Gasteiger partial charge in [-0.3, -0.25) is 10.00 Å². The Hall–Kier alpha value is -1.89. The Kier molecular flexibility index (Phi) is 4.39. The molecular weight excluding hydrogens is 274 g/mol. The Bertz CT molecular complexity index is 602. The largest absolute Gasteiger partial charge is 0.332 e. The number of nitrogens with one attached hydrogen (secondary N) is 2. The van der Waals surface area contributed by atoms with Gasteiger partial charge in [-0.05, 0) is 18.9 Å². The Morgan fingerprint density at radius 1 is 1.50 bits per heavy atom. The Balaban J connectivity index is 1.87. The second kappa shape index (κ2) is 6.04. The van der Waals surface area contributed by atoms with Gasteiger partial charge in [-0.15, -0.1) is 11.3 Å². The minimum atomic E-state index is -0.256. The molecule has 0 spiro atoms. The maximum absolute atomic E-state index is 11.8. The maximum Gasteiger partial charge on any atom is 0.321 e. The molecule has 0 radical (unpaired) electrons. The van der Waals surface area contributed by atoms with Gasteiger partial charge >= 0.3 is 6.03 Å². The molecule has 2 rings (SSSR count). The van der Waals surface area contributed by atoms with Crippen LogP contribution in [0.5, 0.6) is 0 Å². The first-order chi connectivity index (χ1) is 9.45. The molecule has 0 fully saturated rings. The third-order valence-electron chi connectivity index (χ3n) is 2.84. The minimum Gasteiger partial charge on any atom is -0.332 e. The van der Waals surface area contributed by atoms with E-state index in [4.69, 9.17) is 0 Å². The number of hydrogen-bond donors (Lipinski definition) is 2. The van der Waals surface area contributed by atoms with Gasteiger partial charge in [0.15, 0.2) is 5.13 Å². The minimum absolute atomic E-state index is 0.256. The Morgan fingerprint density at radius 2 is 2.25 bits per heavy atom. The molecule has 7 heteroatoms. The molecule has 0 atom stereocenters. The molecule has 0 aliphatic carbocycles. The molecule has 2 aromatic rings. The molecule has 2 amide bonds. The normalized spacial score (nSPS) is 10.8. The number of carbonyl (C=O) groups excluding carboxylic acids is 1. The van der Waals surface area contributed by atoms with E-state index in [0.717, 1.165) is 16.3 Å². The van der Waals surface area contributed by atoms with E-state index in [-0.39, 0.29) is 6.03 Å². The number of nitrogens with zero attached hydrogens (tertiary/aromatic N) is 3. The van der Waals surface area contributed by atoms with Crippen LogP contribution >= 0.6 is 11.3 Å². The zero-order valence-corrected chi connectivity index (χ0v) is 12.9. The molecule has 2 N–H and O–H groups in total. The van der Waals surface area contributed by atoms with E-state index >= 15 is 0 Å². The van der Waals surface area contributed by atoms with E-state index in [1.165, 1.54) is 11.3 Å². The topological polar surface area (TPSA) is 71.8 Å². The van der Waals surface area contributed by atoms with Crippen LogP contribution in [0.2, 0.25) is 0 Å². The average molecular weight is 293 g/mol. The van der Waals surface area contributed by atoms with Crippen LogP contribution in [0.15, 0.2) is 12.3 Å². The van der Waals surface area contributed by atoms with Crippen molar-refractivity contribution in [2.45, 2.75) is 33.2 Å². The van der Waals surface area contributed by atoms with Gasteiger partial charge in [0, 0.05) is 18.1 Å². The zero-order valence-electron chi connectivity index (χ0n) is 12.1. The number of thiazole rings is 1. The van der Waals surface area contributed by atoms with E-state index in [1.807, 2.05) is 20.0 Å². The number of carbonyl (C=O) groups is 1. The quantitative estimate of drug-likeness (QED) is 0.910. The fraction of sp³-hybridized carbons (Fsp3) is 0.462. The van der Waals surface area contributed by atoms with Crippen LogP contribution in [0.4, 0.5) is 9.93 Å². The number of anilines is 1. The lowest BCUT2D eigenvalue weighted by atomic mass is 10.2. The highest BCUT2D eigenvalue weighted by atomic mass is 32.1. The van der Waals surface area contributed by atoms with Gasteiger partial charge in [0.1, 0.15) is 0 Å². The van der Waals surface area contributed by atoms with Crippen molar-refractivity contribution in [3.8, 4) is 0 Å². The molecule has 0 aliphatic heterocycles. The van der Waals surface area contributed by atoms with Gasteiger partial charge in [-0.25, -0.2) is 9.78 Å². The third kappa shape index (κ3) is 3.57. The molecule has 0 saturated carbocycles. The summed E-state index contributed by atoms with van der Waals surface area (Å²) in [4.78, 5) is 17.1. The summed E-state index contributed by atoms with van der Waals surface area (Å²) >= 11 is 1.50. The molecular formula is C13H19N5OS. The summed E-state index contributed by atoms with van der Waals surface area (Å²) < 4.78 is 1.76. The van der Waals surface area contributed by atoms with Crippen LogP contribution in [-0.2, 0) is 13.6 Å². The van der Waals surface area contributed by atoms with Crippen molar-refractivity contribution >= 4 is 22.5 Å². The lowest BCUT2D eigenvalue weighted by molar-refractivity contribution is 0.251. The van der Waals surface area contributed by atoms with Crippen LogP contribution in [0, 0.1) is 6.92 Å². The fourth-order valence-electron chi connectivity index (χ4n) is 1.75. The summed E-state index contributed by atoms with van der Waals surface area (Å²) in [5, 5.41) is 10.4. The summed E-state index contributed by atoms with van der Waals surface area (Å²) in [6.45, 7) is 6.56. The van der Waals surface area contributed by atoms with Crippen molar-refractivity contribution in [1.82, 2.24) is 20.1 Å². The third-order valence-corrected chi connectivity index (χ3v) is 4.06. The summed E-state index contributed by atoms with van der Waals surface area (Å²) in [6.07, 6.45) is 1.80. The lowest BCUT2D eigenvalue weighted by Crippen LogP contribution is -2.28. The molecule has 2 aromatic heterocycles. The first kappa shape index (κ1) is 14.5. The van der Waals surface area contributed by atoms with E-state index in [9.17, 15) is 4.79 Å². The van der Waals surface area contributed by atoms with Crippen molar-refractivity contribution in [2.24, 2.45) is 7.05 Å². The van der Waals surface area contributed by atoms with Gasteiger partial charge in [0.25, 0.3) is 0 Å². The Morgan fingerprint density at radius 3 is 2.80 bits per heavy atom. The highest BCUT2D eigenvalue weighted by molar-refractivity contribution is 7.15. The van der Waals surface area contributed by atoms with Gasteiger partial charge in [-0.1, -0.05) is 13.8 Å². The SMILES string of the molecule is Cc1cc(CNC(=O)Nc2ncc(C(C)C)s2)n(C)n1. The first-order valence-corrected chi connectivity index (χ1v) is 7.27. The average Bonchev–Trinajstić information content (AvgIpc) is 2.94. The number of amides is 2. The highest BCUT2D eigenvalue weighted by Gasteiger charge is 2.09. The van der Waals surface area contributed by atoms with E-state index < -0.39 is 0 Å². The molecule has 108 valence electrons. The summed E-state index contributed by atoms with van der Waals surface area (Å²) in [7, 11) is 1.86. The smallest absolute Gasteiger partial charge is 0.321 e. The molecule has 2 heterocycles. The number of hydrogen-bond acceptors (Lipinski definition) is 4. The molecule has 0 bridgehead atoms. The van der Waals surface area contributed by atoms with E-state index in [0.29, 0.717) is 17.6 Å². The van der Waals surface area contributed by atoms with Crippen molar-refractivity contribution in [3.63, 3.8) is 0 Å². The second-order valence-corrected chi connectivity index (χ2v) is 5.99. The monoisotopic (exact) mass is 293 g/mol. The molecule has 0 unspecified atom stereocenters. The van der Waals surface area contributed by atoms with Crippen LogP contribution in [0.1, 0.15) is 36.0 Å². The lowest BCUT2D eigenvalue weighted by Gasteiger charge is -2.05. The Labute approximate surface area is 122 Å². The standard InChI is InChI=1S/C13H19N5OS/c1-8(2)11-7-15-13(20-11)16-12(19)14-6-10-5-9(3)17-18(10)4/h5,7-8H,6H2,1-4H3,(H2,14,15,16,19). The van der Waals surface area contributed by atoms with Gasteiger partial charge in [-0.2, -0.15) is 5.10 Å². The van der Waals surface area contributed by atoms with E-state index in [1.54, 1.807) is 10.9 Å². The first-order valence-electron chi connectivity index (χ1n) is 6.46. The maximum atomic E-state index is 11.8. The molecule has 20 heavy (non-hydrogen) atoms. The van der Waals surface area contributed by atoms with Crippen molar-refractivity contribution in [2.75, 3.05) is 5.32 Å². The number of aryl methyl sites for hydroxylation is 2. The number of rotatable bonds is 4. The summed E-state index contributed by atoms with van der Waals surface area (Å²) in [5.41, 5.74) is 1.89. The molecule has 0 aliphatic rings.